The Morgan fingerprint density at radius 1 is 1.23 bits per heavy atom. The molecule has 1 unspecified atom stereocenters. The lowest BCUT2D eigenvalue weighted by molar-refractivity contribution is -0.137. The molecule has 2 aromatic rings. The van der Waals surface area contributed by atoms with Crippen LogP contribution in [0, 0.1) is 5.92 Å². The van der Waals surface area contributed by atoms with Crippen LogP contribution in [0.2, 0.25) is 0 Å². The fraction of sp³-hybridized carbons (Fsp3) is 0.545. The van der Waals surface area contributed by atoms with Gasteiger partial charge in [-0.15, -0.1) is 0 Å². The van der Waals surface area contributed by atoms with Gasteiger partial charge in [-0.3, -0.25) is 14.4 Å². The molecule has 1 aromatic heterocycles. The molecule has 1 aliphatic carbocycles. The van der Waals surface area contributed by atoms with Crippen molar-refractivity contribution in [2.45, 2.75) is 51.0 Å². The number of ether oxygens (including phenoxy) is 1. The summed E-state index contributed by atoms with van der Waals surface area (Å²) in [6.45, 7) is 3.76. The van der Waals surface area contributed by atoms with Gasteiger partial charge >= 0.3 is 6.18 Å². The van der Waals surface area contributed by atoms with Gasteiger partial charge in [0, 0.05) is 13.1 Å². The highest BCUT2D eigenvalue weighted by atomic mass is 19.4. The van der Waals surface area contributed by atoms with Crippen molar-refractivity contribution >= 4 is 5.91 Å². The minimum atomic E-state index is -4.41. The number of benzene rings is 1. The van der Waals surface area contributed by atoms with Crippen LogP contribution >= 0.6 is 0 Å². The Morgan fingerprint density at radius 2 is 2.06 bits per heavy atom. The molecule has 6 nitrogen and oxygen atoms in total. The zero-order valence-corrected chi connectivity index (χ0v) is 17.1. The van der Waals surface area contributed by atoms with E-state index in [4.69, 9.17) is 4.74 Å². The van der Waals surface area contributed by atoms with E-state index in [9.17, 15) is 18.0 Å². The van der Waals surface area contributed by atoms with Gasteiger partial charge < -0.3 is 10.1 Å². The first kappa shape index (κ1) is 20.4. The van der Waals surface area contributed by atoms with Gasteiger partial charge in [0.1, 0.15) is 12.4 Å². The molecule has 3 aliphatic rings. The summed E-state index contributed by atoms with van der Waals surface area (Å²) >= 11 is 0. The highest BCUT2D eigenvalue weighted by Crippen LogP contribution is 2.34. The largest absolute Gasteiger partial charge is 0.491 e. The van der Waals surface area contributed by atoms with Gasteiger partial charge in [0.25, 0.3) is 5.91 Å². The first-order valence-corrected chi connectivity index (χ1v) is 10.8. The van der Waals surface area contributed by atoms with Crippen LogP contribution in [0.3, 0.4) is 0 Å². The van der Waals surface area contributed by atoms with E-state index in [1.807, 2.05) is 10.7 Å². The molecule has 5 rings (SSSR count). The summed E-state index contributed by atoms with van der Waals surface area (Å²) in [6.07, 6.45) is -0.187. The van der Waals surface area contributed by atoms with Crippen molar-refractivity contribution in [2.24, 2.45) is 5.92 Å². The lowest BCUT2D eigenvalue weighted by atomic mass is 10.00. The second-order valence-corrected chi connectivity index (χ2v) is 8.76. The number of hydrogen-bond acceptors (Lipinski definition) is 4. The summed E-state index contributed by atoms with van der Waals surface area (Å²) in [6, 6.07) is 4.87. The average molecular weight is 434 g/mol. The molecule has 1 fully saturated rings. The Labute approximate surface area is 178 Å². The number of fused-ring (bicyclic) bond motifs is 2. The molecule has 3 heterocycles. The molecule has 166 valence electrons. The van der Waals surface area contributed by atoms with Crippen LogP contribution in [0.15, 0.2) is 24.3 Å². The third-order valence-corrected chi connectivity index (χ3v) is 6.29. The Balaban J connectivity index is 1.21. The van der Waals surface area contributed by atoms with Crippen LogP contribution in [0.25, 0.3) is 0 Å². The number of halogens is 3. The van der Waals surface area contributed by atoms with Gasteiger partial charge in [-0.2, -0.15) is 18.3 Å². The SMILES string of the molecule is O=C(NC1COc2ccc(C(F)(F)F)cc2C1)c1cc2n(n1)CCN(CCC1CC1)C2. The number of nitrogens with zero attached hydrogens (tertiary/aromatic N) is 3. The van der Waals surface area contributed by atoms with Crippen molar-refractivity contribution in [1.29, 1.82) is 0 Å². The molecular formula is C22H25F3N4O2. The molecule has 0 saturated heterocycles. The van der Waals surface area contributed by atoms with E-state index in [1.54, 1.807) is 0 Å². The standard InChI is InChI=1S/C22H25F3N4O2/c23-22(24,25)16-3-4-20-15(9-16)10-17(13-31-20)26-21(30)19-11-18-12-28(6-5-14-1-2-14)7-8-29(18)27-19/h3-4,9,11,14,17H,1-2,5-8,10,12-13H2,(H,26,30). The molecule has 1 amide bonds. The predicted octanol–water partition coefficient (Wildman–Crippen LogP) is 3.25. The summed E-state index contributed by atoms with van der Waals surface area (Å²) in [7, 11) is 0. The number of aromatic nitrogens is 2. The highest BCUT2D eigenvalue weighted by molar-refractivity contribution is 5.92. The number of alkyl halides is 3. The van der Waals surface area contributed by atoms with Crippen molar-refractivity contribution in [3.63, 3.8) is 0 Å². The van der Waals surface area contributed by atoms with Crippen LogP contribution in [0.5, 0.6) is 5.75 Å². The number of carbonyl (C=O) groups is 1. The highest BCUT2D eigenvalue weighted by Gasteiger charge is 2.33. The maximum atomic E-state index is 13.0. The zero-order chi connectivity index (χ0) is 21.6. The van der Waals surface area contributed by atoms with Crippen molar-refractivity contribution < 1.29 is 22.7 Å². The van der Waals surface area contributed by atoms with Gasteiger partial charge in [-0.1, -0.05) is 12.8 Å². The molecule has 0 bridgehead atoms. The maximum Gasteiger partial charge on any atom is 0.416 e. The second kappa shape index (κ2) is 7.85. The molecule has 1 atom stereocenters. The summed E-state index contributed by atoms with van der Waals surface area (Å²) in [5, 5.41) is 7.31. The number of nitrogens with one attached hydrogen (secondary N) is 1. The first-order valence-electron chi connectivity index (χ1n) is 10.8. The summed E-state index contributed by atoms with van der Waals surface area (Å²) in [5.74, 6) is 1.00. The summed E-state index contributed by atoms with van der Waals surface area (Å²) in [5.41, 5.74) is 1.10. The van der Waals surface area contributed by atoms with Gasteiger partial charge in [0.2, 0.25) is 0 Å². The molecule has 1 aromatic carbocycles. The van der Waals surface area contributed by atoms with Crippen molar-refractivity contribution in [3.8, 4) is 5.75 Å². The third kappa shape index (κ3) is 4.56. The van der Waals surface area contributed by atoms with Gasteiger partial charge in [0.15, 0.2) is 5.69 Å². The van der Waals surface area contributed by atoms with E-state index in [-0.39, 0.29) is 18.9 Å². The van der Waals surface area contributed by atoms with Gasteiger partial charge in [-0.25, -0.2) is 0 Å². The van der Waals surface area contributed by atoms with E-state index in [0.717, 1.165) is 49.9 Å². The third-order valence-electron chi connectivity index (χ3n) is 6.29. The van der Waals surface area contributed by atoms with Crippen LogP contribution in [0.1, 0.15) is 46.6 Å². The minimum absolute atomic E-state index is 0.215. The van der Waals surface area contributed by atoms with E-state index in [0.29, 0.717) is 17.0 Å². The van der Waals surface area contributed by atoms with Gasteiger partial charge in [0.05, 0.1) is 23.8 Å². The number of rotatable bonds is 5. The minimum Gasteiger partial charge on any atom is -0.491 e. The molecule has 2 aliphatic heterocycles. The smallest absolute Gasteiger partial charge is 0.416 e. The molecular weight excluding hydrogens is 409 g/mol. The molecule has 0 radical (unpaired) electrons. The fourth-order valence-electron chi connectivity index (χ4n) is 4.32. The Bertz CT molecular complexity index is 984. The monoisotopic (exact) mass is 434 g/mol. The number of hydrogen-bond donors (Lipinski definition) is 1. The summed E-state index contributed by atoms with van der Waals surface area (Å²) in [4.78, 5) is 15.1. The number of carbonyl (C=O) groups excluding carboxylic acids is 1. The van der Waals surface area contributed by atoms with Crippen molar-refractivity contribution in [1.82, 2.24) is 20.0 Å². The molecule has 1 N–H and O–H groups in total. The Hall–Kier alpha value is -2.55. The van der Waals surface area contributed by atoms with E-state index in [2.05, 4.69) is 15.3 Å². The fourth-order valence-corrected chi connectivity index (χ4v) is 4.32. The Kier molecular flexibility index (Phi) is 5.16. The number of amides is 1. The molecule has 31 heavy (non-hydrogen) atoms. The predicted molar refractivity (Wildman–Crippen MR) is 107 cm³/mol. The normalized spacial score (nSPS) is 21.2. The summed E-state index contributed by atoms with van der Waals surface area (Å²) < 4.78 is 46.4. The van der Waals surface area contributed by atoms with E-state index < -0.39 is 17.8 Å². The van der Waals surface area contributed by atoms with Crippen LogP contribution in [0.4, 0.5) is 13.2 Å². The molecule has 0 spiro atoms. The quantitative estimate of drug-likeness (QED) is 0.785. The zero-order valence-electron chi connectivity index (χ0n) is 17.1. The van der Waals surface area contributed by atoms with Gasteiger partial charge in [-0.05, 0) is 55.1 Å². The average Bonchev–Trinajstić information content (AvgIpc) is 3.47. The Morgan fingerprint density at radius 3 is 2.84 bits per heavy atom. The molecule has 9 heteroatoms. The first-order chi connectivity index (χ1) is 14.8. The molecule has 1 saturated carbocycles. The van der Waals surface area contributed by atoms with E-state index in [1.165, 1.54) is 25.3 Å². The van der Waals surface area contributed by atoms with Crippen LogP contribution in [-0.4, -0.2) is 46.3 Å². The van der Waals surface area contributed by atoms with Crippen LogP contribution < -0.4 is 10.1 Å². The van der Waals surface area contributed by atoms with Crippen LogP contribution in [-0.2, 0) is 25.7 Å². The van der Waals surface area contributed by atoms with Crippen molar-refractivity contribution in [2.75, 3.05) is 19.7 Å². The van der Waals surface area contributed by atoms with E-state index >= 15 is 0 Å². The lowest BCUT2D eigenvalue weighted by Crippen LogP contribution is -2.43. The maximum absolute atomic E-state index is 13.0. The van der Waals surface area contributed by atoms with Crippen molar-refractivity contribution in [3.05, 3.63) is 46.8 Å². The topological polar surface area (TPSA) is 59.4 Å². The second-order valence-electron chi connectivity index (χ2n) is 8.76. The lowest BCUT2D eigenvalue weighted by Gasteiger charge is -2.27.